The summed E-state index contributed by atoms with van der Waals surface area (Å²) in [7, 11) is 1.64. The Morgan fingerprint density at radius 2 is 1.65 bits per heavy atom. The molecule has 0 unspecified atom stereocenters. The second-order valence-electron chi connectivity index (χ2n) is 6.60. The van der Waals surface area contributed by atoms with Gasteiger partial charge in [0.05, 0.1) is 20.3 Å². The molecule has 2 aliphatic heterocycles. The standard InChI is InChI=1S/C19H27N3O4/c1-25-17-4-2-3-16(15-17)5-6-18(23)20-7-9-21(10-8-20)19(24)22-11-13-26-14-12-22/h2-4,15H,5-14H2,1H3. The van der Waals surface area contributed by atoms with E-state index in [-0.39, 0.29) is 11.9 Å². The molecular weight excluding hydrogens is 334 g/mol. The highest BCUT2D eigenvalue weighted by Crippen LogP contribution is 2.15. The Kier molecular flexibility index (Phi) is 6.33. The summed E-state index contributed by atoms with van der Waals surface area (Å²) >= 11 is 0. The van der Waals surface area contributed by atoms with E-state index in [0.29, 0.717) is 65.3 Å². The number of benzene rings is 1. The number of urea groups is 1. The number of methoxy groups -OCH3 is 1. The third-order valence-corrected chi connectivity index (χ3v) is 4.95. The molecule has 142 valence electrons. The lowest BCUT2D eigenvalue weighted by molar-refractivity contribution is -0.132. The van der Waals surface area contributed by atoms with E-state index >= 15 is 0 Å². The van der Waals surface area contributed by atoms with Crippen molar-refractivity contribution in [2.45, 2.75) is 12.8 Å². The lowest BCUT2D eigenvalue weighted by atomic mass is 10.1. The van der Waals surface area contributed by atoms with Gasteiger partial charge in [-0.25, -0.2) is 4.79 Å². The van der Waals surface area contributed by atoms with Crippen molar-refractivity contribution in [2.75, 3.05) is 59.6 Å². The molecule has 2 aliphatic rings. The summed E-state index contributed by atoms with van der Waals surface area (Å²) in [5, 5.41) is 0. The van der Waals surface area contributed by atoms with Gasteiger partial charge in [0.25, 0.3) is 0 Å². The first-order valence-electron chi connectivity index (χ1n) is 9.19. The van der Waals surface area contributed by atoms with Crippen molar-refractivity contribution in [1.82, 2.24) is 14.7 Å². The van der Waals surface area contributed by atoms with Gasteiger partial charge in [-0.1, -0.05) is 12.1 Å². The van der Waals surface area contributed by atoms with Crippen molar-refractivity contribution >= 4 is 11.9 Å². The third-order valence-electron chi connectivity index (χ3n) is 4.95. The number of amides is 3. The van der Waals surface area contributed by atoms with Crippen LogP contribution < -0.4 is 4.74 Å². The van der Waals surface area contributed by atoms with Gasteiger partial charge >= 0.3 is 6.03 Å². The van der Waals surface area contributed by atoms with Crippen LogP contribution in [0.1, 0.15) is 12.0 Å². The van der Waals surface area contributed by atoms with Gasteiger partial charge in [-0.15, -0.1) is 0 Å². The van der Waals surface area contributed by atoms with E-state index in [1.165, 1.54) is 0 Å². The number of aryl methyl sites for hydroxylation is 1. The van der Waals surface area contributed by atoms with Crippen LogP contribution >= 0.6 is 0 Å². The molecule has 3 amide bonds. The van der Waals surface area contributed by atoms with Gasteiger partial charge in [-0.2, -0.15) is 0 Å². The summed E-state index contributed by atoms with van der Waals surface area (Å²) in [6, 6.07) is 7.88. The summed E-state index contributed by atoms with van der Waals surface area (Å²) in [5.41, 5.74) is 1.10. The summed E-state index contributed by atoms with van der Waals surface area (Å²) in [6.07, 6.45) is 1.17. The van der Waals surface area contributed by atoms with Crippen LogP contribution in [0.3, 0.4) is 0 Å². The zero-order chi connectivity index (χ0) is 18.4. The van der Waals surface area contributed by atoms with E-state index in [9.17, 15) is 9.59 Å². The lowest BCUT2D eigenvalue weighted by Gasteiger charge is -2.38. The number of piperazine rings is 1. The van der Waals surface area contributed by atoms with Gasteiger partial charge in [-0.3, -0.25) is 4.79 Å². The Labute approximate surface area is 154 Å². The monoisotopic (exact) mass is 361 g/mol. The molecule has 1 aromatic carbocycles. The van der Waals surface area contributed by atoms with E-state index < -0.39 is 0 Å². The summed E-state index contributed by atoms with van der Waals surface area (Å²) < 4.78 is 10.5. The third kappa shape index (κ3) is 4.66. The van der Waals surface area contributed by atoms with Gasteiger partial charge in [0.15, 0.2) is 0 Å². The Hall–Kier alpha value is -2.28. The zero-order valence-corrected chi connectivity index (χ0v) is 15.4. The second kappa shape index (κ2) is 8.89. The maximum atomic E-state index is 12.5. The number of hydrogen-bond acceptors (Lipinski definition) is 4. The van der Waals surface area contributed by atoms with Crippen molar-refractivity contribution < 1.29 is 19.1 Å². The first-order valence-corrected chi connectivity index (χ1v) is 9.19. The molecule has 0 saturated carbocycles. The Morgan fingerprint density at radius 1 is 1.00 bits per heavy atom. The number of rotatable bonds is 4. The highest BCUT2D eigenvalue weighted by Gasteiger charge is 2.27. The van der Waals surface area contributed by atoms with Gasteiger partial charge in [0, 0.05) is 45.7 Å². The topological polar surface area (TPSA) is 62.3 Å². The second-order valence-corrected chi connectivity index (χ2v) is 6.60. The number of ether oxygens (including phenoxy) is 2. The maximum Gasteiger partial charge on any atom is 0.320 e. The molecule has 0 N–H and O–H groups in total. The average Bonchev–Trinajstić information content (AvgIpc) is 2.72. The molecular formula is C19H27N3O4. The highest BCUT2D eigenvalue weighted by molar-refractivity contribution is 5.78. The Balaban J connectivity index is 1.43. The fourth-order valence-corrected chi connectivity index (χ4v) is 3.34. The molecule has 0 atom stereocenters. The lowest BCUT2D eigenvalue weighted by Crippen LogP contribution is -2.55. The zero-order valence-electron chi connectivity index (χ0n) is 15.4. The fourth-order valence-electron chi connectivity index (χ4n) is 3.34. The Bertz CT molecular complexity index is 623. The van der Waals surface area contributed by atoms with Crippen LogP contribution in [0, 0.1) is 0 Å². The quantitative estimate of drug-likeness (QED) is 0.809. The van der Waals surface area contributed by atoms with Crippen LogP contribution in [0.4, 0.5) is 4.79 Å². The Morgan fingerprint density at radius 3 is 2.35 bits per heavy atom. The van der Waals surface area contributed by atoms with Crippen LogP contribution in [-0.2, 0) is 16.0 Å². The van der Waals surface area contributed by atoms with Crippen molar-refractivity contribution in [2.24, 2.45) is 0 Å². The van der Waals surface area contributed by atoms with Crippen LogP contribution in [0.25, 0.3) is 0 Å². The molecule has 0 aliphatic carbocycles. The number of carbonyl (C=O) groups is 2. The molecule has 0 bridgehead atoms. The van der Waals surface area contributed by atoms with E-state index in [1.54, 1.807) is 7.11 Å². The normalized spacial score (nSPS) is 18.0. The van der Waals surface area contributed by atoms with Crippen LogP contribution in [0.15, 0.2) is 24.3 Å². The highest BCUT2D eigenvalue weighted by atomic mass is 16.5. The average molecular weight is 361 g/mol. The van der Waals surface area contributed by atoms with Crippen molar-refractivity contribution in [3.05, 3.63) is 29.8 Å². The minimum Gasteiger partial charge on any atom is -0.497 e. The first kappa shape index (κ1) is 18.5. The van der Waals surface area contributed by atoms with Gasteiger partial charge in [-0.05, 0) is 24.1 Å². The number of nitrogens with zero attached hydrogens (tertiary/aromatic N) is 3. The maximum absolute atomic E-state index is 12.5. The van der Waals surface area contributed by atoms with Crippen molar-refractivity contribution in [3.63, 3.8) is 0 Å². The van der Waals surface area contributed by atoms with E-state index in [4.69, 9.17) is 9.47 Å². The predicted octanol–water partition coefficient (Wildman–Crippen LogP) is 1.22. The molecule has 3 rings (SSSR count). The molecule has 0 spiro atoms. The molecule has 2 heterocycles. The first-order chi connectivity index (χ1) is 12.7. The van der Waals surface area contributed by atoms with E-state index in [1.807, 2.05) is 39.0 Å². The molecule has 26 heavy (non-hydrogen) atoms. The SMILES string of the molecule is COc1cccc(CCC(=O)N2CCN(C(=O)N3CCOCC3)CC2)c1. The largest absolute Gasteiger partial charge is 0.497 e. The van der Waals surface area contributed by atoms with Crippen LogP contribution in [0.2, 0.25) is 0 Å². The van der Waals surface area contributed by atoms with Crippen molar-refractivity contribution in [1.29, 1.82) is 0 Å². The van der Waals surface area contributed by atoms with Gasteiger partial charge in [0.2, 0.25) is 5.91 Å². The molecule has 7 heteroatoms. The van der Waals surface area contributed by atoms with Crippen molar-refractivity contribution in [3.8, 4) is 5.75 Å². The summed E-state index contributed by atoms with van der Waals surface area (Å²) in [5.74, 6) is 0.955. The van der Waals surface area contributed by atoms with E-state index in [0.717, 1.165) is 11.3 Å². The smallest absolute Gasteiger partial charge is 0.320 e. The molecule has 7 nitrogen and oxygen atoms in total. The number of carbonyl (C=O) groups excluding carboxylic acids is 2. The minimum absolute atomic E-state index is 0.0665. The summed E-state index contributed by atoms with van der Waals surface area (Å²) in [6.45, 7) is 4.92. The molecule has 1 aromatic rings. The van der Waals surface area contributed by atoms with Crippen LogP contribution in [0.5, 0.6) is 5.75 Å². The molecule has 0 radical (unpaired) electrons. The van der Waals surface area contributed by atoms with Crippen LogP contribution in [-0.4, -0.2) is 86.2 Å². The predicted molar refractivity (Wildman–Crippen MR) is 97.3 cm³/mol. The molecule has 2 saturated heterocycles. The summed E-state index contributed by atoms with van der Waals surface area (Å²) in [4.78, 5) is 30.5. The molecule has 0 aromatic heterocycles. The van der Waals surface area contributed by atoms with E-state index in [2.05, 4.69) is 0 Å². The minimum atomic E-state index is 0.0665. The van der Waals surface area contributed by atoms with Gasteiger partial charge < -0.3 is 24.2 Å². The fraction of sp³-hybridized carbons (Fsp3) is 0.579. The van der Waals surface area contributed by atoms with Gasteiger partial charge in [0.1, 0.15) is 5.75 Å². The number of morpholine rings is 1. The molecule has 2 fully saturated rings. The number of hydrogen-bond donors (Lipinski definition) is 0.